The van der Waals surface area contributed by atoms with Crippen molar-refractivity contribution in [1.29, 1.82) is 0 Å². The van der Waals surface area contributed by atoms with Gasteiger partial charge in [-0.05, 0) is 62.1 Å². The average molecular weight is 818 g/mol. The topological polar surface area (TPSA) is 194 Å². The lowest BCUT2D eigenvalue weighted by molar-refractivity contribution is -0.141. The van der Waals surface area contributed by atoms with E-state index < -0.39 is 23.6 Å². The largest absolute Gasteiger partial charge is 0.507 e. The molecule has 0 saturated carbocycles. The van der Waals surface area contributed by atoms with Crippen LogP contribution < -0.4 is 10.2 Å². The number of likely N-dealkylation sites (tertiary alicyclic amines) is 1. The number of hydrogen-bond acceptors (Lipinski definition) is 12. The Kier molecular flexibility index (Phi) is 10.7. The maximum atomic E-state index is 14.3. The van der Waals surface area contributed by atoms with E-state index in [2.05, 4.69) is 30.6 Å². The molecule has 2 aliphatic rings. The molecule has 2 aromatic carbocycles. The van der Waals surface area contributed by atoms with Crippen LogP contribution in [-0.2, 0) is 15.1 Å². The number of aliphatic hydroxyl groups is 1. The summed E-state index contributed by atoms with van der Waals surface area (Å²) in [6.45, 7) is 11.5. The molecule has 2 fully saturated rings. The monoisotopic (exact) mass is 817 g/mol. The van der Waals surface area contributed by atoms with Gasteiger partial charge in [-0.15, -0.1) is 21.5 Å². The Labute approximate surface area is 345 Å². The minimum Gasteiger partial charge on any atom is -0.507 e. The molecule has 6 heterocycles. The number of aromatic nitrogens is 5. The molecule has 16 heteroatoms. The van der Waals surface area contributed by atoms with Crippen LogP contribution in [0.5, 0.6) is 5.75 Å². The molecule has 4 aromatic heterocycles. The Morgan fingerprint density at radius 3 is 2.44 bits per heavy atom. The number of amides is 3. The predicted octanol–water partition coefficient (Wildman–Crippen LogP) is 5.47. The molecule has 0 spiro atoms. The molecule has 3 amide bonds. The number of aromatic amines is 1. The number of piperazine rings is 1. The van der Waals surface area contributed by atoms with Crippen LogP contribution in [0.15, 0.2) is 76.8 Å². The zero-order chi connectivity index (χ0) is 41.6. The fraction of sp³-hybridized carbons (Fsp3) is 0.372. The van der Waals surface area contributed by atoms with Gasteiger partial charge in [-0.25, -0.2) is 4.98 Å². The first-order chi connectivity index (χ1) is 28.3. The molecule has 2 aliphatic heterocycles. The minimum atomic E-state index is -0.867. The van der Waals surface area contributed by atoms with Crippen LogP contribution in [0, 0.1) is 12.8 Å². The van der Waals surface area contributed by atoms with Crippen LogP contribution in [0.1, 0.15) is 67.5 Å². The lowest BCUT2D eigenvalue weighted by atomic mass is 9.91. The summed E-state index contributed by atoms with van der Waals surface area (Å²) in [7, 11) is 0. The highest BCUT2D eigenvalue weighted by molar-refractivity contribution is 7.13. The molecule has 0 radical (unpaired) electrons. The Morgan fingerprint density at radius 1 is 1.00 bits per heavy atom. The second kappa shape index (κ2) is 15.9. The summed E-state index contributed by atoms with van der Waals surface area (Å²) in [6.07, 6.45) is -0.729. The Morgan fingerprint density at radius 2 is 1.75 bits per heavy atom. The number of aliphatic hydroxyl groups excluding tert-OH is 1. The smallest absolute Gasteiger partial charge is 0.270 e. The number of carbonyl (C=O) groups excluding carboxylic acids is 3. The normalized spacial score (nSPS) is 17.8. The fourth-order valence-electron chi connectivity index (χ4n) is 8.05. The molecule has 4 N–H and O–H groups in total. The molecule has 0 aliphatic carbocycles. The number of thiazole rings is 1. The molecular formula is C43H47N9O6S. The standard InChI is InChI=1S/C43H47N9O6S/c1-24(2)37(42(57)52-22-29(53)20-33(52)40(55)46-43(4,5)28-12-10-26(11-13-28)38-25(3)44-23-59-38)35-21-36(49-58-35)50-14-16-51(17-15-50)41(56)32-19-27-18-31(47-48-39(27)45-32)30-8-6-7-9-34(30)54/h6-13,18-19,21,23-24,29,33,37,53-54H,14-17,20,22H2,1-5H3,(H,45,48)(H,46,55)/t29-,33+,37+/m1/s1. The number of fused-ring (bicyclic) bond motifs is 1. The summed E-state index contributed by atoms with van der Waals surface area (Å²) in [5.74, 6) is -0.750. The predicted molar refractivity (Wildman–Crippen MR) is 223 cm³/mol. The number of H-pyrrole nitrogens is 1. The summed E-state index contributed by atoms with van der Waals surface area (Å²) in [5, 5.41) is 37.7. The van der Waals surface area contributed by atoms with Gasteiger partial charge in [0.2, 0.25) is 11.8 Å². The van der Waals surface area contributed by atoms with Gasteiger partial charge >= 0.3 is 0 Å². The van der Waals surface area contributed by atoms with Crippen molar-refractivity contribution in [2.45, 2.75) is 64.6 Å². The highest BCUT2D eigenvalue weighted by atomic mass is 32.1. The second-order valence-electron chi connectivity index (χ2n) is 16.2. The number of phenols is 1. The number of para-hydroxylation sites is 1. The maximum Gasteiger partial charge on any atom is 0.270 e. The van der Waals surface area contributed by atoms with E-state index in [1.165, 1.54) is 4.90 Å². The van der Waals surface area contributed by atoms with Gasteiger partial charge in [-0.1, -0.05) is 55.4 Å². The van der Waals surface area contributed by atoms with Crippen LogP contribution in [0.25, 0.3) is 32.7 Å². The number of benzene rings is 2. The van der Waals surface area contributed by atoms with Crippen molar-refractivity contribution < 1.29 is 29.1 Å². The number of phenolic OH excluding ortho intramolecular Hbond substituents is 1. The van der Waals surface area contributed by atoms with Crippen molar-refractivity contribution in [2.75, 3.05) is 37.6 Å². The third-order valence-electron chi connectivity index (χ3n) is 11.3. The van der Waals surface area contributed by atoms with Crippen molar-refractivity contribution in [2.24, 2.45) is 5.92 Å². The first kappa shape index (κ1) is 39.7. The van der Waals surface area contributed by atoms with Gasteiger partial charge in [0.25, 0.3) is 5.91 Å². The molecule has 6 aromatic rings. The highest BCUT2D eigenvalue weighted by Crippen LogP contribution is 2.35. The molecule has 3 atom stereocenters. The molecule has 0 bridgehead atoms. The summed E-state index contributed by atoms with van der Waals surface area (Å²) >= 11 is 1.58. The second-order valence-corrected chi connectivity index (χ2v) is 17.0. The molecule has 15 nitrogen and oxygen atoms in total. The minimum absolute atomic E-state index is 0.0289. The van der Waals surface area contributed by atoms with Crippen molar-refractivity contribution in [3.05, 3.63) is 95.0 Å². The van der Waals surface area contributed by atoms with E-state index in [4.69, 9.17) is 4.52 Å². The number of anilines is 1. The number of rotatable bonds is 10. The fourth-order valence-corrected chi connectivity index (χ4v) is 8.87. The van der Waals surface area contributed by atoms with Gasteiger partial charge < -0.3 is 39.7 Å². The molecule has 2 saturated heterocycles. The van der Waals surface area contributed by atoms with E-state index in [0.717, 1.165) is 21.7 Å². The number of aromatic hydroxyl groups is 1. The zero-order valence-corrected chi connectivity index (χ0v) is 34.4. The van der Waals surface area contributed by atoms with E-state index in [1.807, 2.05) is 75.4 Å². The number of nitrogens with zero attached hydrogens (tertiary/aromatic N) is 7. The number of hydrogen-bond donors (Lipinski definition) is 4. The lowest BCUT2D eigenvalue weighted by Crippen LogP contribution is -2.52. The Hall–Kier alpha value is -6.13. The summed E-state index contributed by atoms with van der Waals surface area (Å²) < 4.78 is 5.83. The molecule has 0 unspecified atom stereocenters. The van der Waals surface area contributed by atoms with Crippen LogP contribution in [0.3, 0.4) is 0 Å². The average Bonchev–Trinajstić information content (AvgIpc) is 4.04. The third-order valence-corrected chi connectivity index (χ3v) is 12.3. The third kappa shape index (κ3) is 7.89. The van der Waals surface area contributed by atoms with Crippen molar-refractivity contribution in [3.63, 3.8) is 0 Å². The number of carbonyl (C=O) groups is 3. The van der Waals surface area contributed by atoms with Gasteiger partial charge in [0, 0.05) is 56.2 Å². The number of nitrogens with one attached hydrogen (secondary N) is 2. The van der Waals surface area contributed by atoms with Crippen LogP contribution in [0.2, 0.25) is 0 Å². The highest BCUT2D eigenvalue weighted by Gasteiger charge is 2.44. The maximum absolute atomic E-state index is 14.3. The van der Waals surface area contributed by atoms with Crippen LogP contribution >= 0.6 is 11.3 Å². The van der Waals surface area contributed by atoms with Gasteiger partial charge in [0.15, 0.2) is 17.2 Å². The van der Waals surface area contributed by atoms with Crippen molar-refractivity contribution in [3.8, 4) is 27.4 Å². The zero-order valence-electron chi connectivity index (χ0n) is 33.5. The Bertz CT molecular complexity index is 2500. The van der Waals surface area contributed by atoms with Crippen LogP contribution in [-0.4, -0.2) is 108 Å². The summed E-state index contributed by atoms with van der Waals surface area (Å²) in [5.41, 5.74) is 5.90. The SMILES string of the molecule is Cc1ncsc1-c1ccc(C(C)(C)NC(=O)[C@@H]2C[C@@H](O)CN2C(=O)[C@H](c2cc(N3CCN(C(=O)c4cc5cc(-c6ccccc6O)nnc5[nH]4)CC3)no2)C(C)C)cc1. The van der Waals surface area contributed by atoms with E-state index in [-0.39, 0.29) is 42.4 Å². The molecule has 59 heavy (non-hydrogen) atoms. The lowest BCUT2D eigenvalue weighted by Gasteiger charge is -2.34. The molecule has 8 rings (SSSR count). The number of β-amino-alcohol motifs (C(OH)–C–C–N with tert-alkyl or cyclic N) is 1. The van der Waals surface area contributed by atoms with Crippen molar-refractivity contribution >= 4 is 45.9 Å². The van der Waals surface area contributed by atoms with Gasteiger partial charge in [-0.3, -0.25) is 14.4 Å². The van der Waals surface area contributed by atoms with Gasteiger partial charge in [0.1, 0.15) is 23.4 Å². The van der Waals surface area contributed by atoms with Crippen molar-refractivity contribution in [1.82, 2.24) is 40.4 Å². The van der Waals surface area contributed by atoms with E-state index in [0.29, 0.717) is 65.7 Å². The Balaban J connectivity index is 0.908. The molecular weight excluding hydrogens is 771 g/mol. The quantitative estimate of drug-likeness (QED) is 0.137. The summed E-state index contributed by atoms with van der Waals surface area (Å²) in [6, 6.07) is 19.3. The van der Waals surface area contributed by atoms with Gasteiger partial charge in [0.05, 0.1) is 33.4 Å². The van der Waals surface area contributed by atoms with Crippen LogP contribution in [0.4, 0.5) is 5.82 Å². The first-order valence-corrected chi connectivity index (χ1v) is 20.6. The van der Waals surface area contributed by atoms with E-state index in [9.17, 15) is 24.6 Å². The van der Waals surface area contributed by atoms with E-state index in [1.54, 1.807) is 52.6 Å². The first-order valence-electron chi connectivity index (χ1n) is 19.7. The van der Waals surface area contributed by atoms with Gasteiger partial charge in [-0.2, -0.15) is 0 Å². The molecule has 306 valence electrons. The summed E-state index contributed by atoms with van der Waals surface area (Å²) in [4.78, 5) is 55.6. The van der Waals surface area contributed by atoms with E-state index >= 15 is 0 Å². The number of aryl methyl sites for hydroxylation is 1.